The Balaban J connectivity index is 2.52. The van der Waals surface area contributed by atoms with Crippen LogP contribution in [0.3, 0.4) is 0 Å². The molecule has 0 aromatic heterocycles. The number of rotatable bonds is 1. The van der Waals surface area contributed by atoms with Gasteiger partial charge in [0.15, 0.2) is 17.3 Å². The standard InChI is InChI=1S/C9H7FO3/c10-7-3-6(5-11)4-8-9(7)13-2-1-12-8/h3-5H,1-2H2. The summed E-state index contributed by atoms with van der Waals surface area (Å²) in [5.41, 5.74) is 0.252. The molecule has 3 nitrogen and oxygen atoms in total. The van der Waals surface area contributed by atoms with E-state index in [2.05, 4.69) is 0 Å². The van der Waals surface area contributed by atoms with E-state index in [1.165, 1.54) is 6.07 Å². The molecule has 0 amide bonds. The highest BCUT2D eigenvalue weighted by molar-refractivity contribution is 5.76. The first-order valence-corrected chi connectivity index (χ1v) is 3.85. The molecule has 68 valence electrons. The topological polar surface area (TPSA) is 35.5 Å². The number of halogens is 1. The molecule has 1 aliphatic rings. The van der Waals surface area contributed by atoms with Crippen LogP contribution in [-0.4, -0.2) is 19.5 Å². The smallest absolute Gasteiger partial charge is 0.197 e. The van der Waals surface area contributed by atoms with Crippen LogP contribution in [0.2, 0.25) is 0 Å². The zero-order valence-electron chi connectivity index (χ0n) is 6.75. The quantitative estimate of drug-likeness (QED) is 0.616. The molecule has 1 heterocycles. The van der Waals surface area contributed by atoms with Crippen molar-refractivity contribution in [3.63, 3.8) is 0 Å². The third kappa shape index (κ3) is 1.35. The molecule has 0 aliphatic carbocycles. The first kappa shape index (κ1) is 8.04. The first-order chi connectivity index (χ1) is 6.31. The van der Waals surface area contributed by atoms with Crippen molar-refractivity contribution >= 4 is 6.29 Å². The minimum absolute atomic E-state index is 0.0943. The van der Waals surface area contributed by atoms with Gasteiger partial charge in [0.25, 0.3) is 0 Å². The maximum atomic E-state index is 13.2. The second-order valence-electron chi connectivity index (χ2n) is 2.64. The molecular weight excluding hydrogens is 175 g/mol. The predicted molar refractivity (Wildman–Crippen MR) is 42.8 cm³/mol. The van der Waals surface area contributed by atoms with Crippen LogP contribution in [0.15, 0.2) is 12.1 Å². The van der Waals surface area contributed by atoms with E-state index in [1.54, 1.807) is 0 Å². The molecule has 0 saturated carbocycles. The summed E-state index contributed by atoms with van der Waals surface area (Å²) in [4.78, 5) is 10.4. The number of fused-ring (bicyclic) bond motifs is 1. The molecule has 1 aliphatic heterocycles. The molecular formula is C9H7FO3. The van der Waals surface area contributed by atoms with E-state index in [9.17, 15) is 9.18 Å². The summed E-state index contributed by atoms with van der Waals surface area (Å²) in [6, 6.07) is 2.59. The molecule has 0 fully saturated rings. The van der Waals surface area contributed by atoms with Crippen LogP contribution in [0.5, 0.6) is 11.5 Å². The number of hydrogen-bond donors (Lipinski definition) is 0. The molecule has 0 unspecified atom stereocenters. The number of aldehydes is 1. The summed E-state index contributed by atoms with van der Waals surface area (Å²) in [6.45, 7) is 0.721. The van der Waals surface area contributed by atoms with Crippen LogP contribution in [0, 0.1) is 5.82 Å². The van der Waals surface area contributed by atoms with E-state index < -0.39 is 5.82 Å². The molecule has 0 saturated heterocycles. The molecule has 4 heteroatoms. The fourth-order valence-electron chi connectivity index (χ4n) is 1.20. The van der Waals surface area contributed by atoms with Crippen LogP contribution in [0.4, 0.5) is 4.39 Å². The van der Waals surface area contributed by atoms with Crippen molar-refractivity contribution < 1.29 is 18.7 Å². The van der Waals surface area contributed by atoms with Gasteiger partial charge in [-0.1, -0.05) is 0 Å². The van der Waals surface area contributed by atoms with Crippen LogP contribution in [-0.2, 0) is 0 Å². The highest BCUT2D eigenvalue weighted by atomic mass is 19.1. The van der Waals surface area contributed by atoms with Gasteiger partial charge in [0.1, 0.15) is 19.5 Å². The Kier molecular flexibility index (Phi) is 1.88. The summed E-state index contributed by atoms with van der Waals surface area (Å²) in [7, 11) is 0. The van der Waals surface area contributed by atoms with Gasteiger partial charge in [-0.15, -0.1) is 0 Å². The summed E-state index contributed by atoms with van der Waals surface area (Å²) in [5.74, 6) is -0.162. The average molecular weight is 182 g/mol. The molecule has 0 bridgehead atoms. The van der Waals surface area contributed by atoms with Gasteiger partial charge in [0, 0.05) is 5.56 Å². The maximum absolute atomic E-state index is 13.2. The van der Waals surface area contributed by atoms with Gasteiger partial charge >= 0.3 is 0 Å². The fraction of sp³-hybridized carbons (Fsp3) is 0.222. The Morgan fingerprint density at radius 1 is 1.31 bits per heavy atom. The second kappa shape index (κ2) is 3.05. The maximum Gasteiger partial charge on any atom is 0.197 e. The zero-order valence-corrected chi connectivity index (χ0v) is 6.75. The summed E-state index contributed by atoms with van der Waals surface area (Å²) < 4.78 is 23.3. The molecule has 0 radical (unpaired) electrons. The molecule has 1 aromatic rings. The van der Waals surface area contributed by atoms with Crippen LogP contribution in [0.1, 0.15) is 10.4 Å². The minimum Gasteiger partial charge on any atom is -0.486 e. The normalized spacial score (nSPS) is 13.9. The van der Waals surface area contributed by atoms with Gasteiger partial charge in [-0.05, 0) is 12.1 Å². The predicted octanol–water partition coefficient (Wildman–Crippen LogP) is 1.41. The Bertz CT molecular complexity index is 349. The van der Waals surface area contributed by atoms with Crippen LogP contribution >= 0.6 is 0 Å². The first-order valence-electron chi connectivity index (χ1n) is 3.85. The number of hydrogen-bond acceptors (Lipinski definition) is 3. The Morgan fingerprint density at radius 3 is 2.85 bits per heavy atom. The lowest BCUT2D eigenvalue weighted by Gasteiger charge is -2.18. The van der Waals surface area contributed by atoms with E-state index >= 15 is 0 Å². The molecule has 0 N–H and O–H groups in total. The van der Waals surface area contributed by atoms with Crippen molar-refractivity contribution in [2.45, 2.75) is 0 Å². The van der Waals surface area contributed by atoms with Gasteiger partial charge in [0.05, 0.1) is 0 Å². The van der Waals surface area contributed by atoms with Gasteiger partial charge in [-0.3, -0.25) is 4.79 Å². The third-order valence-electron chi connectivity index (χ3n) is 1.76. The molecule has 1 aromatic carbocycles. The van der Waals surface area contributed by atoms with Crippen molar-refractivity contribution in [1.29, 1.82) is 0 Å². The lowest BCUT2D eigenvalue weighted by molar-refractivity contribution is 0.112. The van der Waals surface area contributed by atoms with Crippen LogP contribution < -0.4 is 9.47 Å². The van der Waals surface area contributed by atoms with Crippen LogP contribution in [0.25, 0.3) is 0 Å². The monoisotopic (exact) mass is 182 g/mol. The Labute approximate surface area is 74.1 Å². The molecule has 2 rings (SSSR count). The highest BCUT2D eigenvalue weighted by Gasteiger charge is 2.17. The van der Waals surface area contributed by atoms with E-state index in [0.717, 1.165) is 6.07 Å². The molecule has 0 atom stereocenters. The number of carbonyl (C=O) groups excluding carboxylic acids is 1. The second-order valence-corrected chi connectivity index (χ2v) is 2.64. The SMILES string of the molecule is O=Cc1cc(F)c2c(c1)OCCO2. The number of carbonyl (C=O) groups is 1. The average Bonchev–Trinajstić information content (AvgIpc) is 2.18. The van der Waals surface area contributed by atoms with E-state index in [-0.39, 0.29) is 11.3 Å². The number of ether oxygens (including phenoxy) is 2. The lowest BCUT2D eigenvalue weighted by Crippen LogP contribution is -2.16. The summed E-state index contributed by atoms with van der Waals surface area (Å²) in [6.07, 6.45) is 0.571. The van der Waals surface area contributed by atoms with Crippen molar-refractivity contribution in [1.82, 2.24) is 0 Å². The highest BCUT2D eigenvalue weighted by Crippen LogP contribution is 2.33. The Hall–Kier alpha value is -1.58. The van der Waals surface area contributed by atoms with Crippen molar-refractivity contribution in [2.75, 3.05) is 13.2 Å². The zero-order chi connectivity index (χ0) is 9.26. The van der Waals surface area contributed by atoms with Gasteiger partial charge in [-0.2, -0.15) is 0 Å². The lowest BCUT2D eigenvalue weighted by atomic mass is 10.2. The van der Waals surface area contributed by atoms with Gasteiger partial charge in [-0.25, -0.2) is 4.39 Å². The largest absolute Gasteiger partial charge is 0.486 e. The van der Waals surface area contributed by atoms with E-state index in [0.29, 0.717) is 25.2 Å². The third-order valence-corrected chi connectivity index (χ3v) is 1.76. The van der Waals surface area contributed by atoms with Crippen molar-refractivity contribution in [2.24, 2.45) is 0 Å². The molecule has 13 heavy (non-hydrogen) atoms. The Morgan fingerprint density at radius 2 is 2.08 bits per heavy atom. The van der Waals surface area contributed by atoms with E-state index in [4.69, 9.17) is 9.47 Å². The van der Waals surface area contributed by atoms with Gasteiger partial charge < -0.3 is 9.47 Å². The van der Waals surface area contributed by atoms with E-state index in [1.807, 2.05) is 0 Å². The summed E-state index contributed by atoms with van der Waals surface area (Å²) >= 11 is 0. The summed E-state index contributed by atoms with van der Waals surface area (Å²) in [5, 5.41) is 0. The van der Waals surface area contributed by atoms with Crippen molar-refractivity contribution in [3.8, 4) is 11.5 Å². The fourth-order valence-corrected chi connectivity index (χ4v) is 1.20. The number of benzene rings is 1. The van der Waals surface area contributed by atoms with Gasteiger partial charge in [0.2, 0.25) is 0 Å². The van der Waals surface area contributed by atoms with Crippen molar-refractivity contribution in [3.05, 3.63) is 23.5 Å². The molecule has 0 spiro atoms. The minimum atomic E-state index is -0.556.